The normalized spacial score (nSPS) is 11.8. The molecule has 7 aromatic carbocycles. The first-order chi connectivity index (χ1) is 40.5. The minimum Gasteiger partial charge on any atom is -0.354 e. The van der Waals surface area contributed by atoms with Gasteiger partial charge in [0.25, 0.3) is 0 Å². The van der Waals surface area contributed by atoms with E-state index >= 15 is 0 Å². The lowest BCUT2D eigenvalue weighted by molar-refractivity contribution is 1.21. The Hall–Kier alpha value is -10.5. The predicted octanol–water partition coefficient (Wildman–Crippen LogP) is 19.3. The van der Waals surface area contributed by atoms with Crippen LogP contribution in [0.5, 0.6) is 0 Å². The number of hydrogen-bond donors (Lipinski definition) is 2. The quantitative estimate of drug-likeness (QED) is 0.128. The molecule has 0 atom stereocenters. The first-order valence-corrected chi connectivity index (χ1v) is 28.4. The number of rotatable bonds is 6. The standard InChI is InChI=1S/C77H58N6/c1-45-43-46(2)70(47(3)44-45)60-33-30-57-28-29-58-31-34-61(83-77(58)76(57)82-60)71-50(6)48(4)59(49(5)51(71)7)32-25-52-23-26-56(27-24-52)75-68-41-39-66(80-68)73(54-19-13-9-14-20-54)64-37-35-62(78-64)72(53-17-11-8-12-18-53)63-36-38-65(79-63)74(55-21-15-10-16-22-55)67-40-42-69(75)81-67/h8-24,26-31,33-44,78,81H,1-7H3. The molecule has 0 amide bonds. The maximum Gasteiger partial charge on any atom is 0.0972 e. The molecule has 0 aliphatic carbocycles. The largest absolute Gasteiger partial charge is 0.354 e. The fourth-order valence-electron chi connectivity index (χ4n) is 12.6. The monoisotopic (exact) mass is 1070 g/mol. The van der Waals surface area contributed by atoms with Crippen molar-refractivity contribution >= 4 is 68.2 Å². The fraction of sp³-hybridized carbons (Fsp3) is 0.0909. The summed E-state index contributed by atoms with van der Waals surface area (Å²) < 4.78 is 0. The van der Waals surface area contributed by atoms with Gasteiger partial charge in [0.2, 0.25) is 0 Å². The molecule has 0 unspecified atom stereocenters. The molecule has 12 aromatic rings. The van der Waals surface area contributed by atoms with Gasteiger partial charge in [-0.2, -0.15) is 0 Å². The van der Waals surface area contributed by atoms with Gasteiger partial charge in [0, 0.05) is 77.3 Å². The molecule has 5 aromatic heterocycles. The van der Waals surface area contributed by atoms with Crippen molar-refractivity contribution in [3.8, 4) is 78.9 Å². The van der Waals surface area contributed by atoms with Crippen LogP contribution in [0.25, 0.3) is 135 Å². The lowest BCUT2D eigenvalue weighted by atomic mass is 9.87. The summed E-state index contributed by atoms with van der Waals surface area (Å²) in [5.41, 5.74) is 31.9. The molecular formula is C77H58N6. The van der Waals surface area contributed by atoms with Gasteiger partial charge >= 0.3 is 0 Å². The number of aromatic amines is 2. The van der Waals surface area contributed by atoms with Gasteiger partial charge < -0.3 is 9.97 Å². The van der Waals surface area contributed by atoms with E-state index in [2.05, 4.69) is 283 Å². The zero-order valence-corrected chi connectivity index (χ0v) is 47.5. The van der Waals surface area contributed by atoms with Gasteiger partial charge in [-0.15, -0.1) is 0 Å². The van der Waals surface area contributed by atoms with Crippen molar-refractivity contribution in [3.63, 3.8) is 0 Å². The zero-order chi connectivity index (χ0) is 56.5. The van der Waals surface area contributed by atoms with Crippen molar-refractivity contribution in [2.45, 2.75) is 48.5 Å². The molecule has 396 valence electrons. The highest BCUT2D eigenvalue weighted by atomic mass is 14.8. The van der Waals surface area contributed by atoms with Crippen LogP contribution < -0.4 is 0 Å². The summed E-state index contributed by atoms with van der Waals surface area (Å²) in [4.78, 5) is 29.5. The Morgan fingerprint density at radius 2 is 0.675 bits per heavy atom. The van der Waals surface area contributed by atoms with Crippen molar-refractivity contribution < 1.29 is 0 Å². The molecule has 2 aliphatic heterocycles. The van der Waals surface area contributed by atoms with Crippen LogP contribution in [0.2, 0.25) is 0 Å². The number of aromatic nitrogens is 6. The van der Waals surface area contributed by atoms with Crippen LogP contribution in [0.1, 0.15) is 72.8 Å². The third-order valence-corrected chi connectivity index (χ3v) is 16.8. The van der Waals surface area contributed by atoms with Gasteiger partial charge in [-0.1, -0.05) is 157 Å². The average Bonchev–Trinajstić information content (AvgIpc) is 4.50. The lowest BCUT2D eigenvalue weighted by Gasteiger charge is -2.18. The smallest absolute Gasteiger partial charge is 0.0972 e. The van der Waals surface area contributed by atoms with Crippen LogP contribution in [0.15, 0.2) is 188 Å². The molecule has 2 N–H and O–H groups in total. The molecule has 0 saturated carbocycles. The van der Waals surface area contributed by atoms with E-state index in [0.717, 1.165) is 150 Å². The Morgan fingerprint density at radius 3 is 1.07 bits per heavy atom. The maximum atomic E-state index is 5.53. The second-order valence-electron chi connectivity index (χ2n) is 22.1. The maximum absolute atomic E-state index is 5.53. The topological polar surface area (TPSA) is 83.1 Å². The second-order valence-corrected chi connectivity index (χ2v) is 22.1. The van der Waals surface area contributed by atoms with E-state index in [1.807, 2.05) is 0 Å². The van der Waals surface area contributed by atoms with E-state index < -0.39 is 0 Å². The fourth-order valence-corrected chi connectivity index (χ4v) is 12.6. The van der Waals surface area contributed by atoms with Gasteiger partial charge in [0.1, 0.15) is 0 Å². The van der Waals surface area contributed by atoms with E-state index in [9.17, 15) is 0 Å². The number of H-pyrrole nitrogens is 2. The summed E-state index contributed by atoms with van der Waals surface area (Å²) >= 11 is 0. The highest BCUT2D eigenvalue weighted by Crippen LogP contribution is 2.40. The zero-order valence-electron chi connectivity index (χ0n) is 47.5. The van der Waals surface area contributed by atoms with Crippen LogP contribution in [0, 0.1) is 60.3 Å². The second kappa shape index (κ2) is 20.6. The van der Waals surface area contributed by atoms with E-state index in [4.69, 9.17) is 19.9 Å². The number of nitrogens with one attached hydrogen (secondary N) is 2. The van der Waals surface area contributed by atoms with Crippen molar-refractivity contribution in [3.05, 3.63) is 261 Å². The van der Waals surface area contributed by atoms with Crippen LogP contribution in [0.4, 0.5) is 0 Å². The summed E-state index contributed by atoms with van der Waals surface area (Å²) in [6.07, 6.45) is 8.58. The van der Waals surface area contributed by atoms with Crippen LogP contribution in [-0.2, 0) is 0 Å². The van der Waals surface area contributed by atoms with Crippen LogP contribution >= 0.6 is 0 Å². The summed E-state index contributed by atoms with van der Waals surface area (Å²) in [5.74, 6) is 7.22. The molecule has 0 saturated heterocycles. The Balaban J connectivity index is 0.887. The van der Waals surface area contributed by atoms with Crippen LogP contribution in [0.3, 0.4) is 0 Å². The number of aryl methyl sites for hydroxylation is 3. The first kappa shape index (κ1) is 50.7. The van der Waals surface area contributed by atoms with Crippen LogP contribution in [-0.4, -0.2) is 29.9 Å². The summed E-state index contributed by atoms with van der Waals surface area (Å²) in [6.45, 7) is 15.3. The molecule has 6 heteroatoms. The molecule has 6 nitrogen and oxygen atoms in total. The number of fused-ring (bicyclic) bond motifs is 11. The number of pyridine rings is 2. The van der Waals surface area contributed by atoms with Crippen molar-refractivity contribution in [1.82, 2.24) is 29.9 Å². The van der Waals surface area contributed by atoms with Gasteiger partial charge in [-0.25, -0.2) is 19.9 Å². The minimum absolute atomic E-state index is 0.853. The van der Waals surface area contributed by atoms with Gasteiger partial charge in [0.05, 0.1) is 45.2 Å². The number of hydrogen-bond acceptors (Lipinski definition) is 4. The average molecular weight is 1070 g/mol. The van der Waals surface area contributed by atoms with Gasteiger partial charge in [-0.05, 0) is 177 Å². The third-order valence-electron chi connectivity index (χ3n) is 16.8. The summed E-state index contributed by atoms with van der Waals surface area (Å²) in [6, 6.07) is 66.3. The van der Waals surface area contributed by atoms with Gasteiger partial charge in [0.15, 0.2) is 0 Å². The Kier molecular flexibility index (Phi) is 12.6. The van der Waals surface area contributed by atoms with E-state index in [-0.39, 0.29) is 0 Å². The molecule has 8 bridgehead atoms. The molecule has 83 heavy (non-hydrogen) atoms. The predicted molar refractivity (Wildman–Crippen MR) is 348 cm³/mol. The van der Waals surface area contributed by atoms with E-state index in [1.54, 1.807) is 0 Å². The molecule has 0 fully saturated rings. The van der Waals surface area contributed by atoms with Crippen molar-refractivity contribution in [1.29, 1.82) is 0 Å². The van der Waals surface area contributed by atoms with E-state index in [1.165, 1.54) is 33.4 Å². The highest BCUT2D eigenvalue weighted by molar-refractivity contribution is 6.05. The SMILES string of the molecule is Cc1cc(C)c(-c2ccc3ccc4ccc(-c5c(C)c(C)c(C#Cc6ccc(-c7c8nc(c(-c9ccccc9)c9ccc([nH]9)c(-c9ccccc9)c9nc(c(-c%10ccccc%10)c%10ccc7[nH]%10)C=C9)C=C8)cc6)c(C)c5C)nc4c3n2)c(C)c1. The number of benzene rings is 7. The molecule has 0 spiro atoms. The third kappa shape index (κ3) is 9.04. The minimum atomic E-state index is 0.853. The first-order valence-electron chi connectivity index (χ1n) is 28.4. The molecule has 7 heterocycles. The molecule has 2 aliphatic rings. The van der Waals surface area contributed by atoms with Gasteiger partial charge in [-0.3, -0.25) is 0 Å². The van der Waals surface area contributed by atoms with Crippen molar-refractivity contribution in [2.75, 3.05) is 0 Å². The van der Waals surface area contributed by atoms with E-state index in [0.29, 0.717) is 0 Å². The number of nitrogens with zero attached hydrogens (tertiary/aromatic N) is 4. The van der Waals surface area contributed by atoms with Crippen molar-refractivity contribution in [2.24, 2.45) is 0 Å². The molecule has 14 rings (SSSR count). The Bertz CT molecular complexity index is 4860. The lowest BCUT2D eigenvalue weighted by Crippen LogP contribution is -2.02. The highest BCUT2D eigenvalue weighted by Gasteiger charge is 2.21. The molecular weight excluding hydrogens is 1010 g/mol. The summed E-state index contributed by atoms with van der Waals surface area (Å²) in [5, 5.41) is 2.14. The Morgan fingerprint density at radius 1 is 0.313 bits per heavy atom. The summed E-state index contributed by atoms with van der Waals surface area (Å²) in [7, 11) is 0. The molecule has 0 radical (unpaired) electrons. The Labute approximate surface area is 483 Å².